The van der Waals surface area contributed by atoms with Gasteiger partial charge in [-0.3, -0.25) is 24.3 Å². The summed E-state index contributed by atoms with van der Waals surface area (Å²) < 4.78 is 10.7. The van der Waals surface area contributed by atoms with E-state index in [4.69, 9.17) is 9.47 Å². The third-order valence-electron chi connectivity index (χ3n) is 7.43. The highest BCUT2D eigenvalue weighted by atomic mass is 16.5. The number of carbonyl (C=O) groups is 2. The molecule has 0 aliphatic carbocycles. The Morgan fingerprint density at radius 2 is 1.35 bits per heavy atom. The second-order valence-electron chi connectivity index (χ2n) is 11.2. The molecule has 2 amide bonds. The lowest BCUT2D eigenvalue weighted by atomic mass is 9.98. The van der Waals surface area contributed by atoms with Crippen LogP contribution in [0.2, 0.25) is 0 Å². The molecule has 9 nitrogen and oxygen atoms in total. The van der Waals surface area contributed by atoms with Crippen molar-refractivity contribution in [2.24, 2.45) is 0 Å². The number of ether oxygens (including phenoxy) is 2. The maximum Gasteiger partial charge on any atom is 0.219 e. The van der Waals surface area contributed by atoms with Crippen LogP contribution in [0.4, 0.5) is 0 Å². The molecule has 2 aliphatic rings. The molecule has 1 fully saturated rings. The second kappa shape index (κ2) is 18.9. The zero-order valence-corrected chi connectivity index (χ0v) is 26.5. The molecule has 1 aromatic rings. The van der Waals surface area contributed by atoms with Crippen LogP contribution in [0.3, 0.4) is 0 Å². The molecular weight excluding hydrogens is 506 g/mol. The van der Waals surface area contributed by atoms with E-state index in [1.165, 1.54) is 18.1 Å². The average molecular weight is 566 g/mol. The van der Waals surface area contributed by atoms with Crippen LogP contribution in [-0.2, 0) is 22.6 Å². The Bertz CT molecular complexity index is 883. The molecule has 0 spiro atoms. The number of benzene rings is 1. The van der Waals surface area contributed by atoms with Crippen LogP contribution < -0.4 is 14.8 Å². The lowest BCUT2D eigenvalue weighted by Gasteiger charge is -2.36. The number of hydrogen-bond acceptors (Lipinski definition) is 7. The van der Waals surface area contributed by atoms with E-state index in [-0.39, 0.29) is 19.2 Å². The molecule has 1 aromatic carbocycles. The first kappa shape index (κ1) is 37.6. The Labute approximate surface area is 245 Å². The van der Waals surface area contributed by atoms with Gasteiger partial charge in [-0.25, -0.2) is 0 Å². The molecule has 40 heavy (non-hydrogen) atoms. The van der Waals surface area contributed by atoms with Gasteiger partial charge >= 0.3 is 0 Å². The van der Waals surface area contributed by atoms with Gasteiger partial charge < -0.3 is 19.7 Å². The number of amides is 2. The molecule has 0 saturated carbocycles. The van der Waals surface area contributed by atoms with Gasteiger partial charge in [0, 0.05) is 71.2 Å². The van der Waals surface area contributed by atoms with Crippen molar-refractivity contribution < 1.29 is 19.1 Å². The van der Waals surface area contributed by atoms with E-state index >= 15 is 0 Å². The topological polar surface area (TPSA) is 77.6 Å². The Hall–Kier alpha value is -2.36. The van der Waals surface area contributed by atoms with Crippen LogP contribution in [-0.4, -0.2) is 110 Å². The Morgan fingerprint density at radius 1 is 0.850 bits per heavy atom. The Morgan fingerprint density at radius 3 is 1.75 bits per heavy atom. The Kier molecular flexibility index (Phi) is 17.8. The smallest absolute Gasteiger partial charge is 0.219 e. The normalized spacial score (nSPS) is 15.4. The van der Waals surface area contributed by atoms with Gasteiger partial charge in [-0.05, 0) is 78.3 Å². The summed E-state index contributed by atoms with van der Waals surface area (Å²) in [6.07, 6.45) is 1.09. The largest absolute Gasteiger partial charge is 0.493 e. The van der Waals surface area contributed by atoms with E-state index < -0.39 is 0 Å². The SMILES string of the molecule is C.CC(=O)N1CCN(C(C)C)CC1.CC(=O)NCN(C)C(C)C.COc1cc2c(cc1OC)CN(C(C)C)CC2. The van der Waals surface area contributed by atoms with Gasteiger partial charge in [-0.1, -0.05) is 7.43 Å². The summed E-state index contributed by atoms with van der Waals surface area (Å²) in [6, 6.07) is 5.91. The van der Waals surface area contributed by atoms with Gasteiger partial charge in [0.2, 0.25) is 11.8 Å². The highest BCUT2D eigenvalue weighted by molar-refractivity contribution is 5.73. The average Bonchev–Trinajstić information content (AvgIpc) is 2.91. The van der Waals surface area contributed by atoms with E-state index in [2.05, 4.69) is 73.7 Å². The van der Waals surface area contributed by atoms with Crippen LogP contribution in [0, 0.1) is 0 Å². The predicted octanol–water partition coefficient (Wildman–Crippen LogP) is 4.09. The first-order valence-corrected chi connectivity index (χ1v) is 14.2. The number of nitrogens with zero attached hydrogens (tertiary/aromatic N) is 4. The molecule has 232 valence electrons. The minimum Gasteiger partial charge on any atom is -0.493 e. The summed E-state index contributed by atoms with van der Waals surface area (Å²) in [5.41, 5.74) is 2.75. The Balaban J connectivity index is 0.000000589. The maximum atomic E-state index is 11.0. The van der Waals surface area contributed by atoms with Gasteiger partial charge in [0.15, 0.2) is 11.5 Å². The van der Waals surface area contributed by atoms with Gasteiger partial charge in [0.25, 0.3) is 0 Å². The molecular formula is C31H59N5O4. The van der Waals surface area contributed by atoms with E-state index in [0.717, 1.165) is 57.2 Å². The van der Waals surface area contributed by atoms with Crippen LogP contribution in [0.1, 0.15) is 73.9 Å². The van der Waals surface area contributed by atoms with E-state index in [1.54, 1.807) is 21.1 Å². The molecule has 1 saturated heterocycles. The minimum absolute atomic E-state index is 0. The lowest BCUT2D eigenvalue weighted by Crippen LogP contribution is -2.50. The molecule has 0 unspecified atom stereocenters. The molecule has 0 atom stereocenters. The monoisotopic (exact) mass is 565 g/mol. The van der Waals surface area contributed by atoms with Crippen LogP contribution >= 0.6 is 0 Å². The first-order chi connectivity index (χ1) is 18.3. The number of carbonyl (C=O) groups excluding carboxylic acids is 2. The van der Waals surface area contributed by atoms with Crippen molar-refractivity contribution in [3.8, 4) is 11.5 Å². The molecule has 0 bridgehead atoms. The quantitative estimate of drug-likeness (QED) is 0.499. The zero-order chi connectivity index (χ0) is 29.7. The predicted molar refractivity (Wildman–Crippen MR) is 166 cm³/mol. The standard InChI is InChI=1S/C14H21NO2.C9H18N2O.C7H16N2O.CH4/c1-10(2)15-6-5-11-7-13(16-3)14(17-4)8-12(11)9-15;1-8(2)10-4-6-11(7-5-10)9(3)12;1-6(2)9(4)5-8-7(3)10;/h7-8,10H,5-6,9H2,1-4H3;8H,4-7H2,1-3H3;6H,5H2,1-4H3,(H,8,10);1H4. The van der Waals surface area contributed by atoms with Gasteiger partial charge in [0.1, 0.15) is 0 Å². The molecule has 0 aromatic heterocycles. The molecule has 3 rings (SSSR count). The van der Waals surface area contributed by atoms with Crippen molar-refractivity contribution >= 4 is 11.8 Å². The molecule has 9 heteroatoms. The van der Waals surface area contributed by atoms with Crippen LogP contribution in [0.5, 0.6) is 11.5 Å². The highest BCUT2D eigenvalue weighted by Crippen LogP contribution is 2.33. The summed E-state index contributed by atoms with van der Waals surface area (Å²) in [5.74, 6) is 1.90. The number of methoxy groups -OCH3 is 2. The number of fused-ring (bicyclic) bond motifs is 1. The number of piperazine rings is 1. The van der Waals surface area contributed by atoms with Crippen molar-refractivity contribution in [2.75, 3.05) is 60.7 Å². The fourth-order valence-electron chi connectivity index (χ4n) is 4.32. The summed E-state index contributed by atoms with van der Waals surface area (Å²) >= 11 is 0. The summed E-state index contributed by atoms with van der Waals surface area (Å²) in [6.45, 7) is 22.8. The van der Waals surface area contributed by atoms with Crippen molar-refractivity contribution in [3.63, 3.8) is 0 Å². The third kappa shape index (κ3) is 12.9. The van der Waals surface area contributed by atoms with Crippen LogP contribution in [0.25, 0.3) is 0 Å². The van der Waals surface area contributed by atoms with Crippen molar-refractivity contribution in [1.29, 1.82) is 0 Å². The number of hydrogen-bond donors (Lipinski definition) is 1. The summed E-state index contributed by atoms with van der Waals surface area (Å²) in [7, 11) is 5.35. The minimum atomic E-state index is 0. The fourth-order valence-corrected chi connectivity index (χ4v) is 4.32. The van der Waals surface area contributed by atoms with Crippen molar-refractivity contribution in [1.82, 2.24) is 24.9 Å². The van der Waals surface area contributed by atoms with Crippen LogP contribution in [0.15, 0.2) is 12.1 Å². The number of nitrogens with one attached hydrogen (secondary N) is 1. The lowest BCUT2D eigenvalue weighted by molar-refractivity contribution is -0.130. The summed E-state index contributed by atoms with van der Waals surface area (Å²) in [4.78, 5) is 30.3. The van der Waals surface area contributed by atoms with Gasteiger partial charge in [-0.2, -0.15) is 0 Å². The number of rotatable bonds is 7. The first-order valence-electron chi connectivity index (χ1n) is 14.2. The fraction of sp³-hybridized carbons (Fsp3) is 0.742. The van der Waals surface area contributed by atoms with Crippen molar-refractivity contribution in [2.45, 2.75) is 93.9 Å². The molecule has 0 radical (unpaired) electrons. The van der Waals surface area contributed by atoms with E-state index in [9.17, 15) is 9.59 Å². The third-order valence-corrected chi connectivity index (χ3v) is 7.43. The van der Waals surface area contributed by atoms with E-state index in [0.29, 0.717) is 24.8 Å². The van der Waals surface area contributed by atoms with Crippen molar-refractivity contribution in [3.05, 3.63) is 23.3 Å². The summed E-state index contributed by atoms with van der Waals surface area (Å²) in [5, 5.41) is 2.71. The van der Waals surface area contributed by atoms with Gasteiger partial charge in [-0.15, -0.1) is 0 Å². The highest BCUT2D eigenvalue weighted by Gasteiger charge is 2.21. The van der Waals surface area contributed by atoms with Gasteiger partial charge in [0.05, 0.1) is 20.9 Å². The molecule has 2 aliphatic heterocycles. The molecule has 1 N–H and O–H groups in total. The maximum absolute atomic E-state index is 11.0. The molecule has 2 heterocycles. The second-order valence-corrected chi connectivity index (χ2v) is 11.2. The van der Waals surface area contributed by atoms with E-state index in [1.807, 2.05) is 11.9 Å². The zero-order valence-electron chi connectivity index (χ0n) is 26.5.